The topological polar surface area (TPSA) is 41.1 Å². The van der Waals surface area contributed by atoms with Crippen LogP contribution in [0.5, 0.6) is 0 Å². The fourth-order valence-electron chi connectivity index (χ4n) is 2.69. The van der Waals surface area contributed by atoms with E-state index in [1.807, 2.05) is 30.3 Å². The summed E-state index contributed by atoms with van der Waals surface area (Å²) in [6, 6.07) is 16.2. The van der Waals surface area contributed by atoms with E-state index >= 15 is 0 Å². The van der Waals surface area contributed by atoms with Crippen molar-refractivity contribution in [1.29, 1.82) is 0 Å². The lowest BCUT2D eigenvalue weighted by molar-refractivity contribution is 0.0954. The first-order chi connectivity index (χ1) is 10.3. The van der Waals surface area contributed by atoms with Crippen molar-refractivity contribution in [3.05, 3.63) is 70.8 Å². The highest BCUT2D eigenvalue weighted by atomic mass is 16.1. The summed E-state index contributed by atoms with van der Waals surface area (Å²) in [5.74, 6) is 0.0206. The first-order valence-corrected chi connectivity index (χ1v) is 7.47. The molecular weight excluding hydrogens is 260 g/mol. The van der Waals surface area contributed by atoms with Gasteiger partial charge in [-0.1, -0.05) is 36.4 Å². The van der Waals surface area contributed by atoms with Crippen molar-refractivity contribution in [2.45, 2.75) is 19.4 Å². The Morgan fingerprint density at radius 2 is 1.95 bits per heavy atom. The average molecular weight is 280 g/mol. The molecule has 0 atom stereocenters. The van der Waals surface area contributed by atoms with Crippen LogP contribution >= 0.6 is 0 Å². The van der Waals surface area contributed by atoms with Crippen molar-refractivity contribution in [2.75, 3.05) is 13.1 Å². The maximum absolute atomic E-state index is 12.2. The van der Waals surface area contributed by atoms with Crippen molar-refractivity contribution < 1.29 is 4.79 Å². The van der Waals surface area contributed by atoms with E-state index in [1.165, 1.54) is 16.7 Å². The van der Waals surface area contributed by atoms with Crippen LogP contribution in [0.3, 0.4) is 0 Å². The fourth-order valence-corrected chi connectivity index (χ4v) is 2.69. The van der Waals surface area contributed by atoms with E-state index in [9.17, 15) is 4.79 Å². The smallest absolute Gasteiger partial charge is 0.251 e. The Labute approximate surface area is 125 Å². The number of rotatable bonds is 4. The molecule has 3 nitrogen and oxygen atoms in total. The summed E-state index contributed by atoms with van der Waals surface area (Å²) in [5.41, 5.74) is 4.62. The lowest BCUT2D eigenvalue weighted by atomic mass is 9.98. The lowest BCUT2D eigenvalue weighted by Gasteiger charge is -2.17. The molecule has 108 valence electrons. The van der Waals surface area contributed by atoms with Crippen molar-refractivity contribution in [3.8, 4) is 0 Å². The largest absolute Gasteiger partial charge is 0.352 e. The van der Waals surface area contributed by atoms with Gasteiger partial charge in [-0.15, -0.1) is 0 Å². The number of nitrogens with one attached hydrogen (secondary N) is 2. The van der Waals surface area contributed by atoms with Gasteiger partial charge < -0.3 is 10.6 Å². The third-order valence-electron chi connectivity index (χ3n) is 3.90. The minimum atomic E-state index is 0.0206. The van der Waals surface area contributed by atoms with Crippen LogP contribution in [0.15, 0.2) is 48.5 Å². The molecule has 3 heteroatoms. The molecule has 0 radical (unpaired) electrons. The van der Waals surface area contributed by atoms with Gasteiger partial charge in [-0.3, -0.25) is 4.79 Å². The second-order valence-corrected chi connectivity index (χ2v) is 5.40. The number of hydrogen-bond donors (Lipinski definition) is 2. The lowest BCUT2D eigenvalue weighted by Crippen LogP contribution is -2.27. The Balaban J connectivity index is 1.58. The standard InChI is InChI=1S/C18H20N2O/c21-18(20-11-8-14-4-2-1-3-5-14)16-6-7-17-13-19-10-9-15(17)12-16/h1-7,12,19H,8-11,13H2,(H,20,21). The van der Waals surface area contributed by atoms with Crippen LogP contribution in [0.2, 0.25) is 0 Å². The van der Waals surface area contributed by atoms with Gasteiger partial charge in [0, 0.05) is 18.7 Å². The molecule has 1 aliphatic rings. The van der Waals surface area contributed by atoms with Gasteiger partial charge in [0.2, 0.25) is 0 Å². The van der Waals surface area contributed by atoms with Gasteiger partial charge in [-0.05, 0) is 48.2 Å². The van der Waals surface area contributed by atoms with E-state index in [2.05, 4.69) is 28.8 Å². The number of carbonyl (C=O) groups is 1. The number of carbonyl (C=O) groups excluding carboxylic acids is 1. The first-order valence-electron chi connectivity index (χ1n) is 7.47. The summed E-state index contributed by atoms with van der Waals surface area (Å²) in [4.78, 5) is 12.2. The Bertz CT molecular complexity index is 622. The number of hydrogen-bond acceptors (Lipinski definition) is 2. The Morgan fingerprint density at radius 3 is 2.81 bits per heavy atom. The van der Waals surface area contributed by atoms with Crippen LogP contribution in [0.25, 0.3) is 0 Å². The van der Waals surface area contributed by atoms with Crippen LogP contribution in [-0.2, 0) is 19.4 Å². The van der Waals surface area contributed by atoms with Gasteiger partial charge in [-0.2, -0.15) is 0 Å². The van der Waals surface area contributed by atoms with Crippen LogP contribution in [0, 0.1) is 0 Å². The van der Waals surface area contributed by atoms with Crippen LogP contribution < -0.4 is 10.6 Å². The van der Waals surface area contributed by atoms with Crippen LogP contribution in [-0.4, -0.2) is 19.0 Å². The number of benzene rings is 2. The zero-order chi connectivity index (χ0) is 14.5. The van der Waals surface area contributed by atoms with E-state index in [1.54, 1.807) is 0 Å². The number of fused-ring (bicyclic) bond motifs is 1. The summed E-state index contributed by atoms with van der Waals surface area (Å²) in [6.07, 6.45) is 1.86. The Hall–Kier alpha value is -2.13. The quantitative estimate of drug-likeness (QED) is 0.902. The molecule has 0 bridgehead atoms. The van der Waals surface area contributed by atoms with E-state index in [0.29, 0.717) is 6.54 Å². The fraction of sp³-hybridized carbons (Fsp3) is 0.278. The molecule has 1 amide bonds. The minimum Gasteiger partial charge on any atom is -0.352 e. The second-order valence-electron chi connectivity index (χ2n) is 5.40. The maximum Gasteiger partial charge on any atom is 0.251 e. The van der Waals surface area contributed by atoms with E-state index in [4.69, 9.17) is 0 Å². The molecule has 3 rings (SSSR count). The predicted octanol–water partition coefficient (Wildman–Crippen LogP) is 2.30. The summed E-state index contributed by atoms with van der Waals surface area (Å²) < 4.78 is 0. The van der Waals surface area contributed by atoms with E-state index < -0.39 is 0 Å². The van der Waals surface area contributed by atoms with Gasteiger partial charge in [0.15, 0.2) is 0 Å². The second kappa shape index (κ2) is 6.55. The molecule has 0 spiro atoms. The third-order valence-corrected chi connectivity index (χ3v) is 3.90. The molecule has 0 aromatic heterocycles. The van der Waals surface area contributed by atoms with E-state index in [-0.39, 0.29) is 5.91 Å². The molecule has 0 aliphatic carbocycles. The summed E-state index contributed by atoms with van der Waals surface area (Å²) >= 11 is 0. The van der Waals surface area contributed by atoms with Gasteiger partial charge in [0.1, 0.15) is 0 Å². The molecule has 0 fully saturated rings. The molecule has 1 heterocycles. The molecule has 2 aromatic carbocycles. The SMILES string of the molecule is O=C(NCCc1ccccc1)c1ccc2c(c1)CCNC2. The molecule has 0 unspecified atom stereocenters. The molecule has 2 aromatic rings. The van der Waals surface area contributed by atoms with Gasteiger partial charge in [0.25, 0.3) is 5.91 Å². The highest BCUT2D eigenvalue weighted by molar-refractivity contribution is 5.94. The van der Waals surface area contributed by atoms with Crippen LogP contribution in [0.4, 0.5) is 0 Å². The van der Waals surface area contributed by atoms with Crippen LogP contribution in [0.1, 0.15) is 27.0 Å². The average Bonchev–Trinajstić information content (AvgIpc) is 2.55. The molecule has 0 saturated carbocycles. The van der Waals surface area contributed by atoms with Crippen molar-refractivity contribution >= 4 is 5.91 Å². The van der Waals surface area contributed by atoms with Crippen molar-refractivity contribution in [1.82, 2.24) is 10.6 Å². The van der Waals surface area contributed by atoms with Crippen molar-refractivity contribution in [3.63, 3.8) is 0 Å². The van der Waals surface area contributed by atoms with Gasteiger partial charge in [0.05, 0.1) is 0 Å². The zero-order valence-electron chi connectivity index (χ0n) is 12.1. The predicted molar refractivity (Wildman–Crippen MR) is 84.3 cm³/mol. The molecule has 1 aliphatic heterocycles. The summed E-state index contributed by atoms with van der Waals surface area (Å²) in [7, 11) is 0. The molecule has 2 N–H and O–H groups in total. The Kier molecular flexibility index (Phi) is 4.31. The molecule has 21 heavy (non-hydrogen) atoms. The highest BCUT2D eigenvalue weighted by Gasteiger charge is 2.12. The van der Waals surface area contributed by atoms with Gasteiger partial charge >= 0.3 is 0 Å². The molecule has 0 saturated heterocycles. The van der Waals surface area contributed by atoms with E-state index in [0.717, 1.165) is 31.5 Å². The first kappa shape index (κ1) is 13.8. The minimum absolute atomic E-state index is 0.0206. The summed E-state index contributed by atoms with van der Waals surface area (Å²) in [6.45, 7) is 2.57. The monoisotopic (exact) mass is 280 g/mol. The highest BCUT2D eigenvalue weighted by Crippen LogP contribution is 2.15. The van der Waals surface area contributed by atoms with Gasteiger partial charge in [-0.25, -0.2) is 0 Å². The Morgan fingerprint density at radius 1 is 1.10 bits per heavy atom. The zero-order valence-corrected chi connectivity index (χ0v) is 12.1. The maximum atomic E-state index is 12.2. The van der Waals surface area contributed by atoms with Crippen molar-refractivity contribution in [2.24, 2.45) is 0 Å². The summed E-state index contributed by atoms with van der Waals surface area (Å²) in [5, 5.41) is 6.34. The molecular formula is C18H20N2O. The number of amides is 1. The normalized spacial score (nSPS) is 13.5. The third kappa shape index (κ3) is 3.50.